The van der Waals surface area contributed by atoms with Gasteiger partial charge in [0.15, 0.2) is 11.5 Å². The fraction of sp³-hybridized carbons (Fsp3) is 0.500. The zero-order valence-corrected chi connectivity index (χ0v) is 14.8. The van der Waals surface area contributed by atoms with Crippen LogP contribution < -0.4 is 10.2 Å². The standard InChI is InChI=1S/2C6H8O6.Ca/c2*7-1-2(8)5-3(9)4(10)6(11)12-5;/h2*2,5,7-10H,1H2;/q;;+2/p-2/t2*2-,5+;/m11./s1. The summed E-state index contributed by atoms with van der Waals surface area (Å²) < 4.78 is 8.51. The van der Waals surface area contributed by atoms with Gasteiger partial charge in [0.25, 0.3) is 0 Å². The molecule has 13 heteroatoms. The molecule has 0 radical (unpaired) electrons. The Balaban J connectivity index is 0.000000443. The van der Waals surface area contributed by atoms with Crippen molar-refractivity contribution in [3.63, 3.8) is 0 Å². The first-order valence-corrected chi connectivity index (χ1v) is 6.35. The maximum absolute atomic E-state index is 10.8. The Bertz CT molecular complexity index is 520. The second-order valence-electron chi connectivity index (χ2n) is 4.58. The molecule has 0 aromatic carbocycles. The van der Waals surface area contributed by atoms with Crippen LogP contribution >= 0.6 is 0 Å². The number of carbonyl (C=O) groups excluding carboxylic acids is 2. The summed E-state index contributed by atoms with van der Waals surface area (Å²) in [6.07, 6.45) is -5.90. The minimum Gasteiger partial charge on any atom is -0.870 e. The van der Waals surface area contributed by atoms with Crippen LogP contribution in [0.15, 0.2) is 23.0 Å². The fourth-order valence-electron chi connectivity index (χ4n) is 1.62. The molecule has 0 aromatic rings. The molecule has 2 rings (SSSR count). The number of aliphatic hydroxyl groups excluding tert-OH is 6. The summed E-state index contributed by atoms with van der Waals surface area (Å²) in [5, 5.41) is 73.6. The predicted molar refractivity (Wildman–Crippen MR) is 71.0 cm³/mol. The topological polar surface area (TPSA) is 220 Å². The van der Waals surface area contributed by atoms with Crippen LogP contribution in [0.1, 0.15) is 0 Å². The quantitative estimate of drug-likeness (QED) is 0.195. The van der Waals surface area contributed by atoms with Gasteiger partial charge >= 0.3 is 49.7 Å². The number of esters is 2. The zero-order chi connectivity index (χ0) is 18.6. The molecule has 0 spiro atoms. The normalized spacial score (nSPS) is 24.8. The van der Waals surface area contributed by atoms with Crippen LogP contribution in [0, 0.1) is 0 Å². The smallest absolute Gasteiger partial charge is 0.870 e. The van der Waals surface area contributed by atoms with E-state index >= 15 is 0 Å². The average Bonchev–Trinajstić information content (AvgIpc) is 2.98. The van der Waals surface area contributed by atoms with E-state index < -0.39 is 72.6 Å². The Morgan fingerprint density at radius 1 is 0.840 bits per heavy atom. The van der Waals surface area contributed by atoms with E-state index in [0.29, 0.717) is 0 Å². The van der Waals surface area contributed by atoms with Crippen LogP contribution in [0.4, 0.5) is 0 Å². The third-order valence-corrected chi connectivity index (χ3v) is 2.91. The molecule has 0 aromatic heterocycles. The summed E-state index contributed by atoms with van der Waals surface area (Å²) in [7, 11) is 0. The van der Waals surface area contributed by atoms with E-state index in [1.165, 1.54) is 0 Å². The molecule has 0 fully saturated rings. The molecular formula is C12H14CaO12. The Labute approximate surface area is 169 Å². The first kappa shape index (κ1) is 23.7. The molecular weight excluding hydrogens is 376 g/mol. The fourth-order valence-corrected chi connectivity index (χ4v) is 1.62. The molecule has 2 aliphatic rings. The van der Waals surface area contributed by atoms with E-state index in [1.807, 2.05) is 0 Å². The molecule has 25 heavy (non-hydrogen) atoms. The zero-order valence-electron chi connectivity index (χ0n) is 12.6. The van der Waals surface area contributed by atoms with Crippen molar-refractivity contribution in [2.45, 2.75) is 24.4 Å². The van der Waals surface area contributed by atoms with Crippen molar-refractivity contribution in [3.8, 4) is 0 Å². The SMILES string of the molecule is O=C1O[C@@H]([C@H](O)CO)C([O-])=C1O.O=C1O[C@@H]([C@H](O)CO)C([O-])=C1O.[Ca+2]. The Morgan fingerprint density at radius 3 is 1.28 bits per heavy atom. The summed E-state index contributed by atoms with van der Waals surface area (Å²) in [6, 6.07) is 0. The number of rotatable bonds is 4. The second-order valence-corrected chi connectivity index (χ2v) is 4.58. The van der Waals surface area contributed by atoms with Crippen LogP contribution in [0.2, 0.25) is 0 Å². The van der Waals surface area contributed by atoms with Crippen LogP contribution in [0.3, 0.4) is 0 Å². The van der Waals surface area contributed by atoms with Crippen molar-refractivity contribution in [3.05, 3.63) is 23.0 Å². The number of carbonyl (C=O) groups is 2. The van der Waals surface area contributed by atoms with Gasteiger partial charge < -0.3 is 50.3 Å². The number of ether oxygens (including phenoxy) is 2. The summed E-state index contributed by atoms with van der Waals surface area (Å²) in [6.45, 7) is -1.42. The molecule has 0 aliphatic carbocycles. The van der Waals surface area contributed by atoms with Crippen LogP contribution in [0.5, 0.6) is 0 Å². The largest absolute Gasteiger partial charge is 2.00 e. The van der Waals surface area contributed by atoms with E-state index in [1.54, 1.807) is 0 Å². The van der Waals surface area contributed by atoms with Gasteiger partial charge in [0.1, 0.15) is 24.4 Å². The summed E-state index contributed by atoms with van der Waals surface area (Å²) in [4.78, 5) is 21.0. The van der Waals surface area contributed by atoms with Gasteiger partial charge in [0, 0.05) is 0 Å². The van der Waals surface area contributed by atoms with Crippen LogP contribution in [-0.4, -0.2) is 118 Å². The Hall–Kier alpha value is -1.28. The van der Waals surface area contributed by atoms with Crippen LogP contribution in [-0.2, 0) is 19.1 Å². The first-order chi connectivity index (χ1) is 11.1. The van der Waals surface area contributed by atoms with E-state index in [4.69, 9.17) is 30.6 Å². The van der Waals surface area contributed by atoms with E-state index in [9.17, 15) is 19.8 Å². The average molecular weight is 390 g/mol. The van der Waals surface area contributed by atoms with Gasteiger partial charge in [-0.05, 0) is 11.5 Å². The number of aliphatic hydroxyl groups is 6. The molecule has 0 saturated heterocycles. The molecule has 12 nitrogen and oxygen atoms in total. The first-order valence-electron chi connectivity index (χ1n) is 6.35. The third kappa shape index (κ3) is 5.34. The van der Waals surface area contributed by atoms with Crippen molar-refractivity contribution in [1.82, 2.24) is 0 Å². The molecule has 4 atom stereocenters. The predicted octanol–water partition coefficient (Wildman–Crippen LogP) is -5.59. The van der Waals surface area contributed by atoms with Crippen molar-refractivity contribution in [2.24, 2.45) is 0 Å². The molecule has 6 N–H and O–H groups in total. The van der Waals surface area contributed by atoms with Crippen molar-refractivity contribution >= 4 is 49.7 Å². The van der Waals surface area contributed by atoms with Gasteiger partial charge in [0.2, 0.25) is 0 Å². The minimum absolute atomic E-state index is 0. The molecule has 0 saturated carbocycles. The second kappa shape index (κ2) is 10.0. The van der Waals surface area contributed by atoms with Crippen molar-refractivity contribution < 1.29 is 59.9 Å². The molecule has 0 bridgehead atoms. The summed E-state index contributed by atoms with van der Waals surface area (Å²) in [5.41, 5.74) is 0. The van der Waals surface area contributed by atoms with Gasteiger partial charge in [-0.25, -0.2) is 9.59 Å². The Morgan fingerprint density at radius 2 is 1.12 bits per heavy atom. The molecule has 2 heterocycles. The number of hydrogen-bond acceptors (Lipinski definition) is 12. The molecule has 0 unspecified atom stereocenters. The van der Waals surface area contributed by atoms with Gasteiger partial charge in [-0.2, -0.15) is 0 Å². The molecule has 0 amide bonds. The minimum atomic E-state index is -1.48. The molecule has 2 aliphatic heterocycles. The van der Waals surface area contributed by atoms with Gasteiger partial charge in [-0.3, -0.25) is 0 Å². The van der Waals surface area contributed by atoms with E-state index in [-0.39, 0.29) is 37.7 Å². The van der Waals surface area contributed by atoms with Gasteiger partial charge in [0.05, 0.1) is 13.2 Å². The van der Waals surface area contributed by atoms with E-state index in [2.05, 4.69) is 9.47 Å². The summed E-state index contributed by atoms with van der Waals surface area (Å²) in [5.74, 6) is -6.40. The number of hydrogen-bond donors (Lipinski definition) is 6. The number of cyclic esters (lactones) is 2. The maximum Gasteiger partial charge on any atom is 2.00 e. The third-order valence-electron chi connectivity index (χ3n) is 2.91. The van der Waals surface area contributed by atoms with E-state index in [0.717, 1.165) is 0 Å². The summed E-state index contributed by atoms with van der Waals surface area (Å²) >= 11 is 0. The monoisotopic (exact) mass is 390 g/mol. The maximum atomic E-state index is 10.8. The van der Waals surface area contributed by atoms with Crippen molar-refractivity contribution in [2.75, 3.05) is 13.2 Å². The van der Waals surface area contributed by atoms with Crippen molar-refractivity contribution in [1.29, 1.82) is 0 Å². The van der Waals surface area contributed by atoms with Gasteiger partial charge in [-0.1, -0.05) is 0 Å². The van der Waals surface area contributed by atoms with Gasteiger partial charge in [-0.15, -0.1) is 0 Å². The Kier molecular flexibility index (Phi) is 9.50. The van der Waals surface area contributed by atoms with Crippen LogP contribution in [0.25, 0.3) is 0 Å². The molecule has 136 valence electrons.